The predicted molar refractivity (Wildman–Crippen MR) is 104 cm³/mol. The number of sulfonamides is 1. The zero-order valence-electron chi connectivity index (χ0n) is 15.4. The Morgan fingerprint density at radius 1 is 1.25 bits per heavy atom. The number of nitrogens with zero attached hydrogens (tertiary/aromatic N) is 2. The Morgan fingerprint density at radius 2 is 1.96 bits per heavy atom. The summed E-state index contributed by atoms with van der Waals surface area (Å²) in [5.74, 6) is -0.469. The minimum absolute atomic E-state index is 0.145. The molecule has 1 unspecified atom stereocenters. The minimum atomic E-state index is -3.64. The average Bonchev–Trinajstić information content (AvgIpc) is 3.16. The number of nitro groups is 1. The van der Waals surface area contributed by atoms with Crippen molar-refractivity contribution in [2.75, 3.05) is 13.1 Å². The van der Waals surface area contributed by atoms with Crippen LogP contribution in [0, 0.1) is 17.0 Å². The van der Waals surface area contributed by atoms with Gasteiger partial charge in [-0.05, 0) is 38.0 Å². The van der Waals surface area contributed by atoms with Gasteiger partial charge in [-0.1, -0.05) is 23.8 Å². The van der Waals surface area contributed by atoms with E-state index in [2.05, 4.69) is 5.32 Å². The lowest BCUT2D eigenvalue weighted by Gasteiger charge is -2.24. The van der Waals surface area contributed by atoms with Gasteiger partial charge in [0.25, 0.3) is 11.6 Å². The predicted octanol–water partition coefficient (Wildman–Crippen LogP) is 2.49. The van der Waals surface area contributed by atoms with E-state index in [9.17, 15) is 23.3 Å². The average molecular weight is 403 g/mol. The molecule has 0 bridgehead atoms. The van der Waals surface area contributed by atoms with Crippen molar-refractivity contribution in [1.29, 1.82) is 0 Å². The fourth-order valence-corrected chi connectivity index (χ4v) is 4.94. The van der Waals surface area contributed by atoms with E-state index in [4.69, 9.17) is 0 Å². The van der Waals surface area contributed by atoms with E-state index in [-0.39, 0.29) is 28.7 Å². The molecule has 8 nitrogen and oxygen atoms in total. The van der Waals surface area contributed by atoms with Crippen LogP contribution in [-0.4, -0.2) is 42.7 Å². The molecular weight excluding hydrogens is 382 g/mol. The fourth-order valence-electron chi connectivity index (χ4n) is 3.25. The lowest BCUT2D eigenvalue weighted by molar-refractivity contribution is -0.384. The van der Waals surface area contributed by atoms with Crippen LogP contribution in [0.1, 0.15) is 28.8 Å². The quantitative estimate of drug-likeness (QED) is 0.589. The smallest absolute Gasteiger partial charge is 0.270 e. The van der Waals surface area contributed by atoms with E-state index in [1.807, 2.05) is 6.92 Å². The Labute approximate surface area is 163 Å². The first-order valence-electron chi connectivity index (χ1n) is 8.90. The summed E-state index contributed by atoms with van der Waals surface area (Å²) in [6.07, 6.45) is 1.35. The topological polar surface area (TPSA) is 110 Å². The molecule has 3 rings (SSSR count). The molecular formula is C19H21N3O5S. The molecule has 9 heteroatoms. The molecule has 1 heterocycles. The first-order chi connectivity index (χ1) is 13.3. The van der Waals surface area contributed by atoms with Crippen molar-refractivity contribution >= 4 is 21.6 Å². The molecule has 1 N–H and O–H groups in total. The van der Waals surface area contributed by atoms with E-state index in [1.165, 1.54) is 28.6 Å². The van der Waals surface area contributed by atoms with Crippen LogP contribution in [0.25, 0.3) is 0 Å². The Morgan fingerprint density at radius 3 is 2.64 bits per heavy atom. The highest BCUT2D eigenvalue weighted by molar-refractivity contribution is 7.89. The van der Waals surface area contributed by atoms with Gasteiger partial charge in [-0.2, -0.15) is 4.31 Å². The van der Waals surface area contributed by atoms with Crippen molar-refractivity contribution in [2.45, 2.75) is 30.7 Å². The van der Waals surface area contributed by atoms with E-state index in [0.717, 1.165) is 5.56 Å². The number of hydrogen-bond acceptors (Lipinski definition) is 5. The lowest BCUT2D eigenvalue weighted by atomic mass is 10.1. The number of carbonyl (C=O) groups is 1. The Balaban J connectivity index is 1.70. The zero-order chi connectivity index (χ0) is 20.3. The SMILES string of the molecule is Cc1ccc(S(=O)(=O)N2CCCC2CNC(=O)c2cccc([N+](=O)[O-])c2)cc1. The number of non-ortho nitro benzene ring substituents is 1. The molecule has 0 aliphatic carbocycles. The third-order valence-corrected chi connectivity index (χ3v) is 6.73. The number of amides is 1. The Bertz CT molecular complexity index is 989. The summed E-state index contributed by atoms with van der Waals surface area (Å²) in [7, 11) is -3.64. The van der Waals surface area contributed by atoms with E-state index >= 15 is 0 Å². The Kier molecular flexibility index (Phi) is 5.76. The molecule has 1 atom stereocenters. The van der Waals surface area contributed by atoms with Crippen molar-refractivity contribution in [3.8, 4) is 0 Å². The molecule has 0 aromatic heterocycles. The third kappa shape index (κ3) is 4.20. The number of hydrogen-bond donors (Lipinski definition) is 1. The number of rotatable bonds is 6. The molecule has 0 spiro atoms. The van der Waals surface area contributed by atoms with Crippen molar-refractivity contribution in [3.63, 3.8) is 0 Å². The second kappa shape index (κ2) is 8.07. The van der Waals surface area contributed by atoms with Gasteiger partial charge in [0.1, 0.15) is 0 Å². The summed E-state index contributed by atoms with van der Waals surface area (Å²) < 4.78 is 27.3. The molecule has 0 radical (unpaired) electrons. The zero-order valence-corrected chi connectivity index (χ0v) is 16.2. The fraction of sp³-hybridized carbons (Fsp3) is 0.316. The van der Waals surface area contributed by atoms with Gasteiger partial charge in [0, 0.05) is 36.8 Å². The van der Waals surface area contributed by atoms with Crippen LogP contribution in [0.4, 0.5) is 5.69 Å². The van der Waals surface area contributed by atoms with Crippen LogP contribution in [0.15, 0.2) is 53.4 Å². The monoisotopic (exact) mass is 403 g/mol. The van der Waals surface area contributed by atoms with Crippen LogP contribution in [0.5, 0.6) is 0 Å². The van der Waals surface area contributed by atoms with Gasteiger partial charge in [0.15, 0.2) is 0 Å². The molecule has 28 heavy (non-hydrogen) atoms. The van der Waals surface area contributed by atoms with Crippen molar-refractivity contribution in [2.24, 2.45) is 0 Å². The lowest BCUT2D eigenvalue weighted by Crippen LogP contribution is -2.43. The van der Waals surface area contributed by atoms with E-state index in [0.29, 0.717) is 19.4 Å². The third-order valence-electron chi connectivity index (χ3n) is 4.77. The molecule has 1 aliphatic heterocycles. The maximum atomic E-state index is 12.9. The number of nitro benzene ring substituents is 1. The van der Waals surface area contributed by atoms with Crippen LogP contribution < -0.4 is 5.32 Å². The Hall–Kier alpha value is -2.78. The summed E-state index contributed by atoms with van der Waals surface area (Å²) in [5.41, 5.74) is 0.971. The number of aryl methyl sites for hydroxylation is 1. The summed E-state index contributed by atoms with van der Waals surface area (Å²) in [5, 5.41) is 13.6. The molecule has 2 aromatic rings. The van der Waals surface area contributed by atoms with Gasteiger partial charge >= 0.3 is 0 Å². The maximum absolute atomic E-state index is 12.9. The summed E-state index contributed by atoms with van der Waals surface area (Å²) in [6.45, 7) is 2.43. The van der Waals surface area contributed by atoms with Crippen molar-refractivity contribution in [1.82, 2.24) is 9.62 Å². The molecule has 2 aromatic carbocycles. The van der Waals surface area contributed by atoms with Crippen molar-refractivity contribution < 1.29 is 18.1 Å². The number of nitrogens with one attached hydrogen (secondary N) is 1. The summed E-state index contributed by atoms with van der Waals surface area (Å²) >= 11 is 0. The largest absolute Gasteiger partial charge is 0.350 e. The molecule has 148 valence electrons. The van der Waals surface area contributed by atoms with Gasteiger partial charge in [-0.25, -0.2) is 8.42 Å². The first kappa shape index (κ1) is 20.0. The highest BCUT2D eigenvalue weighted by atomic mass is 32.2. The van der Waals surface area contributed by atoms with Crippen LogP contribution >= 0.6 is 0 Å². The molecule has 0 saturated carbocycles. The van der Waals surface area contributed by atoms with Gasteiger partial charge in [-0.15, -0.1) is 0 Å². The van der Waals surface area contributed by atoms with Crippen LogP contribution in [0.3, 0.4) is 0 Å². The van der Waals surface area contributed by atoms with Gasteiger partial charge < -0.3 is 5.32 Å². The molecule has 1 amide bonds. The highest BCUT2D eigenvalue weighted by Crippen LogP contribution is 2.26. The highest BCUT2D eigenvalue weighted by Gasteiger charge is 2.35. The van der Waals surface area contributed by atoms with E-state index < -0.39 is 20.9 Å². The molecule has 1 fully saturated rings. The van der Waals surface area contributed by atoms with Gasteiger partial charge in [0.05, 0.1) is 9.82 Å². The summed E-state index contributed by atoms with van der Waals surface area (Å²) in [4.78, 5) is 22.9. The van der Waals surface area contributed by atoms with E-state index in [1.54, 1.807) is 24.3 Å². The maximum Gasteiger partial charge on any atom is 0.270 e. The number of carbonyl (C=O) groups excluding carboxylic acids is 1. The standard InChI is InChI=1S/C19H21N3O5S/c1-14-7-9-18(10-8-14)28(26,27)21-11-3-6-17(21)13-20-19(23)15-4-2-5-16(12-15)22(24)25/h2,4-5,7-10,12,17H,3,6,11,13H2,1H3,(H,20,23). The molecule has 1 aliphatic rings. The second-order valence-electron chi connectivity index (χ2n) is 6.74. The minimum Gasteiger partial charge on any atom is -0.350 e. The second-order valence-corrected chi connectivity index (χ2v) is 8.63. The molecule has 1 saturated heterocycles. The normalized spacial score (nSPS) is 17.4. The van der Waals surface area contributed by atoms with Gasteiger partial charge in [-0.3, -0.25) is 14.9 Å². The van der Waals surface area contributed by atoms with Crippen LogP contribution in [-0.2, 0) is 10.0 Å². The van der Waals surface area contributed by atoms with Crippen molar-refractivity contribution in [3.05, 3.63) is 69.8 Å². The number of benzene rings is 2. The van der Waals surface area contributed by atoms with Crippen LogP contribution in [0.2, 0.25) is 0 Å². The first-order valence-corrected chi connectivity index (χ1v) is 10.3. The summed E-state index contributed by atoms with van der Waals surface area (Å²) in [6, 6.07) is 11.8. The van der Waals surface area contributed by atoms with Gasteiger partial charge in [0.2, 0.25) is 10.0 Å².